The minimum absolute atomic E-state index is 0.970. The number of nitrogens with zero attached hydrogens (tertiary/aromatic N) is 1. The number of rotatable bonds is 7. The van der Waals surface area contributed by atoms with E-state index < -0.39 is 0 Å². The van der Waals surface area contributed by atoms with Crippen LogP contribution in [0.4, 0.5) is 0 Å². The molecule has 0 radical (unpaired) electrons. The highest BCUT2D eigenvalue weighted by Gasteiger charge is 2.15. The molecule has 2 heterocycles. The maximum absolute atomic E-state index is 5.07. The van der Waals surface area contributed by atoms with Crippen molar-refractivity contribution in [2.75, 3.05) is 0 Å². The van der Waals surface area contributed by atoms with Crippen molar-refractivity contribution in [2.24, 2.45) is 0 Å². The molecule has 2 heteroatoms. The minimum atomic E-state index is 0.970. The second-order valence-corrected chi connectivity index (χ2v) is 13.4. The molecule has 8 aromatic rings. The van der Waals surface area contributed by atoms with Crippen molar-refractivity contribution < 1.29 is 0 Å². The van der Waals surface area contributed by atoms with E-state index in [2.05, 4.69) is 178 Å². The summed E-state index contributed by atoms with van der Waals surface area (Å²) in [5, 5.41) is 1.34. The van der Waals surface area contributed by atoms with E-state index in [-0.39, 0.29) is 0 Å². The van der Waals surface area contributed by atoms with Crippen molar-refractivity contribution in [3.8, 4) is 55.9 Å². The topological polar surface area (TPSA) is 12.9 Å². The molecule has 0 fully saturated rings. The molecule has 0 spiro atoms. The molecule has 0 aliphatic carbocycles. The number of allylic oxidation sites excluding steroid dienone is 1. The first-order valence-corrected chi connectivity index (χ1v) is 17.6. The van der Waals surface area contributed by atoms with Crippen LogP contribution in [0.15, 0.2) is 176 Å². The third kappa shape index (κ3) is 6.15. The van der Waals surface area contributed by atoms with Crippen molar-refractivity contribution in [1.82, 2.24) is 4.98 Å². The van der Waals surface area contributed by atoms with Crippen molar-refractivity contribution >= 4 is 27.0 Å². The first-order valence-electron chi connectivity index (χ1n) is 16.7. The highest BCUT2D eigenvalue weighted by molar-refractivity contribution is 7.20. The van der Waals surface area contributed by atoms with Crippen LogP contribution in [-0.2, 0) is 0 Å². The summed E-state index contributed by atoms with van der Waals surface area (Å²) in [7, 11) is 0. The Hall–Kier alpha value is -5.83. The molecule has 0 atom stereocenters. The summed E-state index contributed by atoms with van der Waals surface area (Å²) in [6.45, 7) is 4.39. The summed E-state index contributed by atoms with van der Waals surface area (Å²) < 4.78 is 1.34. The number of hydrogen-bond donors (Lipinski definition) is 0. The molecule has 0 unspecified atom stereocenters. The van der Waals surface area contributed by atoms with Gasteiger partial charge in [0.15, 0.2) is 0 Å². The van der Waals surface area contributed by atoms with Gasteiger partial charge in [-0.1, -0.05) is 146 Å². The number of hydrogen-bond acceptors (Lipinski definition) is 2. The Balaban J connectivity index is 1.11. The summed E-state index contributed by atoms with van der Waals surface area (Å²) in [5.41, 5.74) is 15.2. The molecule has 0 saturated heterocycles. The van der Waals surface area contributed by atoms with Crippen LogP contribution in [0, 0.1) is 6.92 Å². The summed E-state index contributed by atoms with van der Waals surface area (Å²) in [4.78, 5) is 6.41. The molecule has 1 nitrogen and oxygen atoms in total. The van der Waals surface area contributed by atoms with Gasteiger partial charge in [-0.3, -0.25) is 0 Å². The van der Waals surface area contributed by atoms with E-state index in [9.17, 15) is 0 Å². The lowest BCUT2D eigenvalue weighted by Crippen LogP contribution is -1.91. The Labute approximate surface area is 292 Å². The van der Waals surface area contributed by atoms with Crippen LogP contribution >= 0.6 is 11.3 Å². The summed E-state index contributed by atoms with van der Waals surface area (Å²) in [6, 6.07) is 60.7. The van der Waals surface area contributed by atoms with Crippen LogP contribution in [-0.4, -0.2) is 4.98 Å². The van der Waals surface area contributed by atoms with Gasteiger partial charge in [-0.25, -0.2) is 4.98 Å². The lowest BCUT2D eigenvalue weighted by molar-refractivity contribution is 1.32. The number of benzene rings is 6. The van der Waals surface area contributed by atoms with E-state index in [4.69, 9.17) is 4.98 Å². The average molecular weight is 646 g/mol. The first-order chi connectivity index (χ1) is 24.1. The summed E-state index contributed by atoms with van der Waals surface area (Å²) in [6.07, 6.45) is 2.25. The molecule has 0 N–H and O–H groups in total. The number of aryl methyl sites for hydroxylation is 1. The third-order valence-electron chi connectivity index (χ3n) is 9.26. The quantitative estimate of drug-likeness (QED) is 0.168. The monoisotopic (exact) mass is 645 g/mol. The molecule has 0 aliphatic heterocycles. The third-order valence-corrected chi connectivity index (χ3v) is 10.6. The summed E-state index contributed by atoms with van der Waals surface area (Å²) >= 11 is 1.88. The molecule has 0 aliphatic rings. The highest BCUT2D eigenvalue weighted by Crippen LogP contribution is 2.39. The lowest BCUT2D eigenvalue weighted by atomic mass is 9.94. The van der Waals surface area contributed by atoms with Gasteiger partial charge in [0.2, 0.25) is 0 Å². The SMILES string of the molecule is C/C=C(/c1cccc(-c2ccc(-c3cccc(-c4cc(-c5ccccc5)nc(-c5ccccc5)c4)c3)cc2)c1)c1sc2ccccc2c1C. The van der Waals surface area contributed by atoms with Gasteiger partial charge in [0, 0.05) is 20.7 Å². The van der Waals surface area contributed by atoms with Crippen LogP contribution in [0.3, 0.4) is 0 Å². The fourth-order valence-electron chi connectivity index (χ4n) is 6.67. The fourth-order valence-corrected chi connectivity index (χ4v) is 7.98. The zero-order valence-corrected chi connectivity index (χ0v) is 28.4. The molecule has 0 saturated carbocycles. The zero-order valence-electron chi connectivity index (χ0n) is 27.6. The molecule has 0 amide bonds. The highest BCUT2D eigenvalue weighted by atomic mass is 32.1. The Morgan fingerprint density at radius 1 is 0.469 bits per heavy atom. The lowest BCUT2D eigenvalue weighted by Gasteiger charge is -2.12. The summed E-state index contributed by atoms with van der Waals surface area (Å²) in [5.74, 6) is 0. The van der Waals surface area contributed by atoms with Gasteiger partial charge in [0.05, 0.1) is 11.4 Å². The van der Waals surface area contributed by atoms with Gasteiger partial charge in [0.25, 0.3) is 0 Å². The van der Waals surface area contributed by atoms with Crippen LogP contribution < -0.4 is 0 Å². The maximum atomic E-state index is 5.07. The van der Waals surface area contributed by atoms with Crippen LogP contribution in [0.2, 0.25) is 0 Å². The van der Waals surface area contributed by atoms with E-state index in [1.807, 2.05) is 23.5 Å². The predicted molar refractivity (Wildman–Crippen MR) is 211 cm³/mol. The number of fused-ring (bicyclic) bond motifs is 1. The molecular weight excluding hydrogens is 611 g/mol. The standard InChI is InChI=1S/C47H35NS/c1-3-42(47-32(2)43-22-10-11-23-46(43)49-47)40-21-13-19-38(29-40)34-26-24-33(25-27-34)37-18-12-20-39(28-37)41-30-44(35-14-6-4-7-15-35)48-45(31-41)36-16-8-5-9-17-36/h3-31H,1-2H3/b42-3-. The van der Waals surface area contributed by atoms with Crippen molar-refractivity contribution in [3.63, 3.8) is 0 Å². The molecule has 2 aromatic heterocycles. The Morgan fingerprint density at radius 3 is 1.57 bits per heavy atom. The van der Waals surface area contributed by atoms with Gasteiger partial charge >= 0.3 is 0 Å². The molecular formula is C47H35NS. The predicted octanol–water partition coefficient (Wildman–Crippen LogP) is 13.4. The second-order valence-electron chi connectivity index (χ2n) is 12.4. The van der Waals surface area contributed by atoms with Crippen molar-refractivity contribution in [2.45, 2.75) is 13.8 Å². The molecule has 8 rings (SSSR count). The largest absolute Gasteiger partial charge is 0.248 e. The molecule has 0 bridgehead atoms. The molecule has 6 aromatic carbocycles. The second kappa shape index (κ2) is 13.4. The maximum Gasteiger partial charge on any atom is 0.0715 e. The van der Waals surface area contributed by atoms with Crippen LogP contribution in [0.25, 0.3) is 71.6 Å². The number of thiophene rings is 1. The Morgan fingerprint density at radius 2 is 0.980 bits per heavy atom. The number of aromatic nitrogens is 1. The van der Waals surface area contributed by atoms with Gasteiger partial charge < -0.3 is 0 Å². The first kappa shape index (κ1) is 30.5. The minimum Gasteiger partial charge on any atom is -0.248 e. The Bertz CT molecular complexity index is 2380. The van der Waals surface area contributed by atoms with E-state index in [1.165, 1.54) is 59.5 Å². The van der Waals surface area contributed by atoms with E-state index in [0.717, 1.165) is 28.1 Å². The van der Waals surface area contributed by atoms with Crippen molar-refractivity contribution in [3.05, 3.63) is 192 Å². The fraction of sp³-hybridized carbons (Fsp3) is 0.0426. The van der Waals surface area contributed by atoms with Gasteiger partial charge in [0.1, 0.15) is 0 Å². The molecule has 49 heavy (non-hydrogen) atoms. The van der Waals surface area contributed by atoms with Crippen LogP contribution in [0.5, 0.6) is 0 Å². The van der Waals surface area contributed by atoms with Gasteiger partial charge in [-0.05, 0) is 99.6 Å². The van der Waals surface area contributed by atoms with Gasteiger partial charge in [-0.15, -0.1) is 11.3 Å². The van der Waals surface area contributed by atoms with E-state index in [0.29, 0.717) is 0 Å². The normalized spacial score (nSPS) is 11.6. The van der Waals surface area contributed by atoms with E-state index >= 15 is 0 Å². The number of pyridine rings is 1. The van der Waals surface area contributed by atoms with Crippen LogP contribution in [0.1, 0.15) is 22.9 Å². The zero-order chi connectivity index (χ0) is 33.2. The van der Waals surface area contributed by atoms with Crippen molar-refractivity contribution in [1.29, 1.82) is 0 Å². The van der Waals surface area contributed by atoms with E-state index in [1.54, 1.807) is 0 Å². The average Bonchev–Trinajstić information content (AvgIpc) is 3.51. The van der Waals surface area contributed by atoms with Gasteiger partial charge in [-0.2, -0.15) is 0 Å². The molecule has 234 valence electrons. The smallest absolute Gasteiger partial charge is 0.0715 e. The Kier molecular flexibility index (Phi) is 8.31.